The molecule has 7 heteroatoms. The van der Waals surface area contributed by atoms with Crippen molar-refractivity contribution in [1.29, 1.82) is 0 Å². The summed E-state index contributed by atoms with van der Waals surface area (Å²) >= 11 is 0. The summed E-state index contributed by atoms with van der Waals surface area (Å²) in [6, 6.07) is 1.69. The minimum Gasteiger partial charge on any atom is -0.452 e. The summed E-state index contributed by atoms with van der Waals surface area (Å²) in [6.07, 6.45) is 5.56. The van der Waals surface area contributed by atoms with Gasteiger partial charge < -0.3 is 9.64 Å². The van der Waals surface area contributed by atoms with Gasteiger partial charge in [0, 0.05) is 25.8 Å². The number of likely N-dealkylation sites (tertiary alicyclic amines) is 1. The normalized spacial score (nSPS) is 15.6. The fourth-order valence-electron chi connectivity index (χ4n) is 3.52. The third-order valence-electron chi connectivity index (χ3n) is 4.85. The second-order valence-corrected chi connectivity index (χ2v) is 6.94. The van der Waals surface area contributed by atoms with Gasteiger partial charge in [0.1, 0.15) is 0 Å². The Bertz CT molecular complexity index is 820. The Labute approximate surface area is 153 Å². The molecule has 0 atom stereocenters. The highest BCUT2D eigenvalue weighted by atomic mass is 16.5. The molecule has 0 N–H and O–H groups in total. The van der Waals surface area contributed by atoms with Gasteiger partial charge in [-0.15, -0.1) is 0 Å². The summed E-state index contributed by atoms with van der Waals surface area (Å²) in [5.74, 6) is -0.623. The molecule has 0 saturated carbocycles. The number of amides is 1. The first-order valence-corrected chi connectivity index (χ1v) is 9.23. The molecular formula is C19H26N4O3. The number of hydrogen-bond acceptors (Lipinski definition) is 5. The maximum atomic E-state index is 12.6. The van der Waals surface area contributed by atoms with Crippen molar-refractivity contribution in [2.45, 2.75) is 46.0 Å². The number of pyridine rings is 1. The van der Waals surface area contributed by atoms with Gasteiger partial charge in [0.2, 0.25) is 0 Å². The first-order valence-electron chi connectivity index (χ1n) is 9.23. The van der Waals surface area contributed by atoms with Gasteiger partial charge in [-0.3, -0.25) is 9.48 Å². The van der Waals surface area contributed by atoms with E-state index in [1.807, 2.05) is 18.7 Å². The molecule has 1 fully saturated rings. The summed E-state index contributed by atoms with van der Waals surface area (Å²) in [6.45, 7) is 4.93. The molecule has 1 saturated heterocycles. The van der Waals surface area contributed by atoms with E-state index in [1.54, 1.807) is 17.8 Å². The van der Waals surface area contributed by atoms with Crippen molar-refractivity contribution in [3.8, 4) is 0 Å². The maximum absolute atomic E-state index is 12.6. The molecular weight excluding hydrogens is 332 g/mol. The van der Waals surface area contributed by atoms with E-state index < -0.39 is 5.97 Å². The van der Waals surface area contributed by atoms with E-state index in [-0.39, 0.29) is 12.5 Å². The number of ether oxygens (including phenoxy) is 1. The first-order chi connectivity index (χ1) is 12.5. The van der Waals surface area contributed by atoms with Gasteiger partial charge in [-0.25, -0.2) is 9.78 Å². The summed E-state index contributed by atoms with van der Waals surface area (Å²) in [4.78, 5) is 31.3. The van der Waals surface area contributed by atoms with Crippen LogP contribution in [0, 0.1) is 13.8 Å². The van der Waals surface area contributed by atoms with Crippen LogP contribution in [-0.2, 0) is 16.6 Å². The third-order valence-corrected chi connectivity index (χ3v) is 4.85. The molecule has 3 heterocycles. The number of aryl methyl sites for hydroxylation is 3. The molecule has 1 aliphatic rings. The fourth-order valence-corrected chi connectivity index (χ4v) is 3.52. The number of carbonyl (C=O) groups excluding carboxylic acids is 2. The number of hydrogen-bond donors (Lipinski definition) is 0. The first kappa shape index (κ1) is 18.4. The molecule has 26 heavy (non-hydrogen) atoms. The zero-order chi connectivity index (χ0) is 18.7. The van der Waals surface area contributed by atoms with Crippen molar-refractivity contribution >= 4 is 22.9 Å². The van der Waals surface area contributed by atoms with Crippen LogP contribution >= 0.6 is 0 Å². The van der Waals surface area contributed by atoms with Crippen molar-refractivity contribution < 1.29 is 14.3 Å². The summed E-state index contributed by atoms with van der Waals surface area (Å²) in [7, 11) is 1.79. The van der Waals surface area contributed by atoms with Crippen LogP contribution in [0.25, 0.3) is 11.0 Å². The van der Waals surface area contributed by atoms with E-state index in [4.69, 9.17) is 4.74 Å². The lowest BCUT2D eigenvalue weighted by Gasteiger charge is -2.24. The standard InChI is InChI=1S/C19H26N4O3/c1-13-11-15(17-14(2)21-22(3)18(17)20-13)19(25)26-12-16(24)23-9-7-5-4-6-8-10-23/h11H,4-10,12H2,1-3H3. The topological polar surface area (TPSA) is 77.3 Å². The van der Waals surface area contributed by atoms with Crippen LogP contribution in [0.4, 0.5) is 0 Å². The molecule has 2 aromatic heterocycles. The quantitative estimate of drug-likeness (QED) is 0.788. The second-order valence-electron chi connectivity index (χ2n) is 6.94. The second kappa shape index (κ2) is 7.85. The lowest BCUT2D eigenvalue weighted by Crippen LogP contribution is -2.37. The molecule has 0 unspecified atom stereocenters. The average molecular weight is 358 g/mol. The monoisotopic (exact) mass is 358 g/mol. The number of nitrogens with zero attached hydrogens (tertiary/aromatic N) is 4. The van der Waals surface area contributed by atoms with Crippen LogP contribution in [0.2, 0.25) is 0 Å². The molecule has 140 valence electrons. The fraction of sp³-hybridized carbons (Fsp3) is 0.579. The Kier molecular flexibility index (Phi) is 5.54. The number of esters is 1. The minimum atomic E-state index is -0.503. The molecule has 0 radical (unpaired) electrons. The van der Waals surface area contributed by atoms with Gasteiger partial charge in [-0.2, -0.15) is 5.10 Å². The summed E-state index contributed by atoms with van der Waals surface area (Å²) in [5, 5.41) is 5.02. The van der Waals surface area contributed by atoms with Crippen molar-refractivity contribution in [3.63, 3.8) is 0 Å². The molecule has 3 rings (SSSR count). The Morgan fingerprint density at radius 2 is 1.77 bits per heavy atom. The Balaban J connectivity index is 1.72. The van der Waals surface area contributed by atoms with Gasteiger partial charge in [0.25, 0.3) is 5.91 Å². The lowest BCUT2D eigenvalue weighted by atomic mass is 10.1. The third kappa shape index (κ3) is 3.86. The van der Waals surface area contributed by atoms with Crippen LogP contribution in [-0.4, -0.2) is 51.2 Å². The SMILES string of the molecule is Cc1cc(C(=O)OCC(=O)N2CCCCCCC2)c2c(C)nn(C)c2n1. The number of rotatable bonds is 3. The lowest BCUT2D eigenvalue weighted by molar-refractivity contribution is -0.134. The van der Waals surface area contributed by atoms with E-state index in [0.29, 0.717) is 22.3 Å². The van der Waals surface area contributed by atoms with Crippen LogP contribution in [0.1, 0.15) is 53.8 Å². The highest BCUT2D eigenvalue weighted by molar-refractivity contribution is 6.04. The van der Waals surface area contributed by atoms with Crippen molar-refractivity contribution in [2.24, 2.45) is 7.05 Å². The molecule has 2 aromatic rings. The van der Waals surface area contributed by atoms with Gasteiger partial charge in [-0.05, 0) is 32.8 Å². The number of aromatic nitrogens is 3. The average Bonchev–Trinajstić information content (AvgIpc) is 2.85. The van der Waals surface area contributed by atoms with E-state index in [1.165, 1.54) is 6.42 Å². The van der Waals surface area contributed by atoms with Crippen molar-refractivity contribution in [2.75, 3.05) is 19.7 Å². The van der Waals surface area contributed by atoms with E-state index in [9.17, 15) is 9.59 Å². The van der Waals surface area contributed by atoms with E-state index in [0.717, 1.165) is 44.5 Å². The zero-order valence-electron chi connectivity index (χ0n) is 15.7. The smallest absolute Gasteiger partial charge is 0.339 e. The molecule has 1 aliphatic heterocycles. The molecule has 0 spiro atoms. The van der Waals surface area contributed by atoms with Crippen LogP contribution in [0.3, 0.4) is 0 Å². The zero-order valence-corrected chi connectivity index (χ0v) is 15.7. The van der Waals surface area contributed by atoms with Gasteiger partial charge in [-0.1, -0.05) is 19.3 Å². The Morgan fingerprint density at radius 3 is 2.46 bits per heavy atom. The van der Waals surface area contributed by atoms with Crippen LogP contribution < -0.4 is 0 Å². The van der Waals surface area contributed by atoms with Crippen molar-refractivity contribution in [3.05, 3.63) is 23.0 Å². The predicted octanol–water partition coefficient (Wildman–Crippen LogP) is 2.53. The Morgan fingerprint density at radius 1 is 1.12 bits per heavy atom. The highest BCUT2D eigenvalue weighted by Crippen LogP contribution is 2.22. The van der Waals surface area contributed by atoms with E-state index >= 15 is 0 Å². The molecule has 7 nitrogen and oxygen atoms in total. The number of carbonyl (C=O) groups is 2. The molecule has 0 bridgehead atoms. The number of fused-ring (bicyclic) bond motifs is 1. The highest BCUT2D eigenvalue weighted by Gasteiger charge is 2.21. The molecule has 1 amide bonds. The van der Waals surface area contributed by atoms with Gasteiger partial charge in [0.05, 0.1) is 16.6 Å². The van der Waals surface area contributed by atoms with Crippen molar-refractivity contribution in [1.82, 2.24) is 19.7 Å². The molecule has 0 aromatic carbocycles. The molecule has 0 aliphatic carbocycles. The van der Waals surface area contributed by atoms with E-state index in [2.05, 4.69) is 10.1 Å². The van der Waals surface area contributed by atoms with Gasteiger partial charge in [0.15, 0.2) is 12.3 Å². The maximum Gasteiger partial charge on any atom is 0.339 e. The minimum absolute atomic E-state index is 0.120. The Hall–Kier alpha value is -2.44. The van der Waals surface area contributed by atoms with Gasteiger partial charge >= 0.3 is 5.97 Å². The predicted molar refractivity (Wildman–Crippen MR) is 97.9 cm³/mol. The summed E-state index contributed by atoms with van der Waals surface area (Å²) in [5.41, 5.74) is 2.49. The largest absolute Gasteiger partial charge is 0.452 e. The van der Waals surface area contributed by atoms with Crippen LogP contribution in [0.5, 0.6) is 0 Å². The summed E-state index contributed by atoms with van der Waals surface area (Å²) < 4.78 is 7.00. The van der Waals surface area contributed by atoms with Crippen LogP contribution in [0.15, 0.2) is 6.07 Å².